The average molecular weight is 445 g/mol. The molecule has 0 aliphatic carbocycles. The van der Waals surface area contributed by atoms with Gasteiger partial charge in [0.05, 0.1) is 23.7 Å². The first-order valence-electron chi connectivity index (χ1n) is 9.51. The van der Waals surface area contributed by atoms with Gasteiger partial charge >= 0.3 is 6.61 Å². The van der Waals surface area contributed by atoms with Crippen LogP contribution in [0.3, 0.4) is 0 Å². The number of ether oxygens (including phenoxy) is 2. The standard InChI is InChI=1S/C23H22F2N2O3S/c1-14(21-15(2)27-22(31-21)17-7-5-4-6-8-17)26-20(28)12-10-16-9-11-18(30-23(24)25)19(13-16)29-3/h4-14,23H,1-3H3,(H,26,28)/b12-10+. The van der Waals surface area contributed by atoms with E-state index < -0.39 is 6.61 Å². The van der Waals surface area contributed by atoms with Crippen LogP contribution in [-0.2, 0) is 4.79 Å². The smallest absolute Gasteiger partial charge is 0.387 e. The second-order valence-electron chi connectivity index (χ2n) is 6.69. The zero-order chi connectivity index (χ0) is 22.4. The van der Waals surface area contributed by atoms with Gasteiger partial charge in [-0.15, -0.1) is 11.3 Å². The number of carbonyl (C=O) groups is 1. The third kappa shape index (κ3) is 5.88. The molecule has 1 unspecified atom stereocenters. The normalized spacial score (nSPS) is 12.2. The minimum Gasteiger partial charge on any atom is -0.493 e. The molecule has 1 heterocycles. The second kappa shape index (κ2) is 10.2. The van der Waals surface area contributed by atoms with Crippen molar-refractivity contribution in [2.75, 3.05) is 7.11 Å². The zero-order valence-electron chi connectivity index (χ0n) is 17.3. The predicted octanol–water partition coefficient (Wildman–Crippen LogP) is 5.62. The Balaban J connectivity index is 1.67. The molecule has 0 saturated heterocycles. The maximum absolute atomic E-state index is 12.4. The van der Waals surface area contributed by atoms with Crippen LogP contribution in [0.1, 0.15) is 29.1 Å². The molecule has 1 N–H and O–H groups in total. The number of methoxy groups -OCH3 is 1. The number of nitrogens with one attached hydrogen (secondary N) is 1. The van der Waals surface area contributed by atoms with Crippen LogP contribution in [0.15, 0.2) is 54.6 Å². The predicted molar refractivity (Wildman–Crippen MR) is 118 cm³/mol. The zero-order valence-corrected chi connectivity index (χ0v) is 18.1. The number of hydrogen-bond acceptors (Lipinski definition) is 5. The number of aromatic nitrogens is 1. The van der Waals surface area contributed by atoms with Crippen molar-refractivity contribution in [1.29, 1.82) is 0 Å². The Morgan fingerprint density at radius 1 is 1.16 bits per heavy atom. The summed E-state index contributed by atoms with van der Waals surface area (Å²) in [6.45, 7) is 0.882. The second-order valence-corrected chi connectivity index (χ2v) is 7.72. The molecule has 0 saturated carbocycles. The molecule has 0 fully saturated rings. The van der Waals surface area contributed by atoms with Crippen LogP contribution in [0.2, 0.25) is 0 Å². The summed E-state index contributed by atoms with van der Waals surface area (Å²) >= 11 is 1.55. The number of carbonyl (C=O) groups excluding carboxylic acids is 1. The number of rotatable bonds is 8. The van der Waals surface area contributed by atoms with Crippen LogP contribution in [0, 0.1) is 6.92 Å². The fourth-order valence-electron chi connectivity index (χ4n) is 2.99. The van der Waals surface area contributed by atoms with Gasteiger partial charge in [0, 0.05) is 11.6 Å². The van der Waals surface area contributed by atoms with Gasteiger partial charge in [0.2, 0.25) is 5.91 Å². The fourth-order valence-corrected chi connectivity index (χ4v) is 4.07. The molecule has 162 valence electrons. The molecular formula is C23H22F2N2O3S. The number of halogens is 2. The summed E-state index contributed by atoms with van der Waals surface area (Å²) < 4.78 is 34.3. The minimum absolute atomic E-state index is 0.0670. The van der Waals surface area contributed by atoms with Crippen molar-refractivity contribution in [2.45, 2.75) is 26.5 Å². The van der Waals surface area contributed by atoms with Crippen LogP contribution in [0.5, 0.6) is 11.5 Å². The van der Waals surface area contributed by atoms with Crippen molar-refractivity contribution in [3.05, 3.63) is 70.7 Å². The maximum Gasteiger partial charge on any atom is 0.387 e. The molecule has 1 atom stereocenters. The van der Waals surface area contributed by atoms with Crippen molar-refractivity contribution in [2.24, 2.45) is 0 Å². The molecule has 1 aromatic heterocycles. The highest BCUT2D eigenvalue weighted by Crippen LogP contribution is 2.32. The number of alkyl halides is 2. The van der Waals surface area contributed by atoms with E-state index >= 15 is 0 Å². The van der Waals surface area contributed by atoms with Crippen LogP contribution in [0.4, 0.5) is 8.78 Å². The molecule has 5 nitrogen and oxygen atoms in total. The van der Waals surface area contributed by atoms with Crippen LogP contribution in [-0.4, -0.2) is 24.6 Å². The highest BCUT2D eigenvalue weighted by Gasteiger charge is 2.16. The molecule has 0 aliphatic rings. The lowest BCUT2D eigenvalue weighted by atomic mass is 10.2. The lowest BCUT2D eigenvalue weighted by Crippen LogP contribution is -2.24. The Kier molecular flexibility index (Phi) is 7.36. The molecule has 8 heteroatoms. The summed E-state index contributed by atoms with van der Waals surface area (Å²) in [7, 11) is 1.36. The fraction of sp³-hybridized carbons (Fsp3) is 0.217. The molecule has 1 amide bonds. The van der Waals surface area contributed by atoms with Crippen molar-refractivity contribution < 1.29 is 23.0 Å². The van der Waals surface area contributed by atoms with E-state index in [-0.39, 0.29) is 23.4 Å². The molecule has 2 aromatic carbocycles. The van der Waals surface area contributed by atoms with Crippen molar-refractivity contribution in [1.82, 2.24) is 10.3 Å². The van der Waals surface area contributed by atoms with E-state index in [1.54, 1.807) is 23.5 Å². The largest absolute Gasteiger partial charge is 0.493 e. The first kappa shape index (κ1) is 22.4. The van der Waals surface area contributed by atoms with E-state index in [2.05, 4.69) is 15.0 Å². The SMILES string of the molecule is COc1cc(/C=C/C(=O)NC(C)c2sc(-c3ccccc3)nc2C)ccc1OC(F)F. The van der Waals surface area contributed by atoms with Crippen molar-refractivity contribution in [3.8, 4) is 22.1 Å². The quantitative estimate of drug-likeness (QED) is 0.458. The molecule has 0 aliphatic heterocycles. The summed E-state index contributed by atoms with van der Waals surface area (Å²) in [6.07, 6.45) is 2.96. The van der Waals surface area contributed by atoms with Crippen molar-refractivity contribution in [3.63, 3.8) is 0 Å². The van der Waals surface area contributed by atoms with Crippen LogP contribution >= 0.6 is 11.3 Å². The summed E-state index contributed by atoms with van der Waals surface area (Å²) in [5.41, 5.74) is 2.52. The lowest BCUT2D eigenvalue weighted by molar-refractivity contribution is -0.117. The number of thiazole rings is 1. The molecule has 3 rings (SSSR count). The first-order valence-corrected chi connectivity index (χ1v) is 10.3. The summed E-state index contributed by atoms with van der Waals surface area (Å²) in [5.74, 6) is -0.194. The van der Waals surface area contributed by atoms with E-state index in [0.29, 0.717) is 5.56 Å². The molecule has 0 radical (unpaired) electrons. The Morgan fingerprint density at radius 2 is 1.90 bits per heavy atom. The third-order valence-electron chi connectivity index (χ3n) is 4.44. The van der Waals surface area contributed by atoms with E-state index in [0.717, 1.165) is 21.1 Å². The average Bonchev–Trinajstić information content (AvgIpc) is 3.15. The topological polar surface area (TPSA) is 60.5 Å². The number of hydrogen-bond donors (Lipinski definition) is 1. The van der Waals surface area contributed by atoms with Gasteiger partial charge < -0.3 is 14.8 Å². The Hall–Kier alpha value is -3.26. The van der Waals surface area contributed by atoms with E-state index in [9.17, 15) is 13.6 Å². The van der Waals surface area contributed by atoms with Gasteiger partial charge in [0.1, 0.15) is 5.01 Å². The summed E-state index contributed by atoms with van der Waals surface area (Å²) in [4.78, 5) is 18.0. The molecule has 0 bridgehead atoms. The number of aryl methyl sites for hydroxylation is 1. The highest BCUT2D eigenvalue weighted by atomic mass is 32.1. The number of amides is 1. The van der Waals surface area contributed by atoms with Gasteiger partial charge in [-0.2, -0.15) is 8.78 Å². The van der Waals surface area contributed by atoms with Crippen LogP contribution < -0.4 is 14.8 Å². The minimum atomic E-state index is -2.94. The van der Waals surface area contributed by atoms with Gasteiger partial charge in [-0.25, -0.2) is 4.98 Å². The van der Waals surface area contributed by atoms with Gasteiger partial charge in [-0.3, -0.25) is 4.79 Å². The van der Waals surface area contributed by atoms with Crippen molar-refractivity contribution >= 4 is 23.3 Å². The third-order valence-corrected chi connectivity index (χ3v) is 5.83. The highest BCUT2D eigenvalue weighted by molar-refractivity contribution is 7.15. The lowest BCUT2D eigenvalue weighted by Gasteiger charge is -2.11. The Labute approximate surface area is 183 Å². The van der Waals surface area contributed by atoms with E-state index in [1.165, 1.54) is 25.3 Å². The maximum atomic E-state index is 12.4. The molecule has 3 aromatic rings. The number of nitrogens with zero attached hydrogens (tertiary/aromatic N) is 1. The summed E-state index contributed by atoms with van der Waals surface area (Å²) in [6, 6.07) is 14.1. The van der Waals surface area contributed by atoms with Gasteiger partial charge in [-0.1, -0.05) is 36.4 Å². The monoisotopic (exact) mass is 444 g/mol. The van der Waals surface area contributed by atoms with Gasteiger partial charge in [0.15, 0.2) is 11.5 Å². The van der Waals surface area contributed by atoms with Gasteiger partial charge in [-0.05, 0) is 37.6 Å². The molecular weight excluding hydrogens is 422 g/mol. The van der Waals surface area contributed by atoms with E-state index in [4.69, 9.17) is 4.74 Å². The molecule has 0 spiro atoms. The van der Waals surface area contributed by atoms with Gasteiger partial charge in [0.25, 0.3) is 0 Å². The first-order chi connectivity index (χ1) is 14.9. The van der Waals surface area contributed by atoms with Crippen LogP contribution in [0.25, 0.3) is 16.6 Å². The number of benzene rings is 2. The van der Waals surface area contributed by atoms with E-state index in [1.807, 2.05) is 44.2 Å². The molecule has 31 heavy (non-hydrogen) atoms. The Bertz CT molecular complexity index is 1070. The Morgan fingerprint density at radius 3 is 2.58 bits per heavy atom. The summed E-state index contributed by atoms with van der Waals surface area (Å²) in [5, 5.41) is 3.83.